The van der Waals surface area contributed by atoms with Gasteiger partial charge in [0.2, 0.25) is 4.96 Å². The zero-order valence-corrected chi connectivity index (χ0v) is 16.9. The molecule has 0 spiro atoms. The third kappa shape index (κ3) is 4.43. The molecule has 2 aromatic carbocycles. The van der Waals surface area contributed by atoms with Crippen molar-refractivity contribution in [3.8, 4) is 17.1 Å². The molecule has 2 heterocycles. The molecule has 146 valence electrons. The maximum atomic E-state index is 12.6. The summed E-state index contributed by atoms with van der Waals surface area (Å²) < 4.78 is 7.66. The van der Waals surface area contributed by atoms with Gasteiger partial charge in [-0.3, -0.25) is 4.79 Å². The summed E-state index contributed by atoms with van der Waals surface area (Å²) in [4.78, 5) is 17.7. The van der Waals surface area contributed by atoms with Crippen LogP contribution in [0.3, 0.4) is 0 Å². The Morgan fingerprint density at radius 2 is 1.90 bits per heavy atom. The van der Waals surface area contributed by atoms with Gasteiger partial charge in [-0.05, 0) is 42.3 Å². The van der Waals surface area contributed by atoms with E-state index in [1.807, 2.05) is 66.7 Å². The Morgan fingerprint density at radius 3 is 2.62 bits per heavy atom. The number of hydrogen-bond acceptors (Lipinski definition) is 5. The predicted molar refractivity (Wildman–Crippen MR) is 118 cm³/mol. The van der Waals surface area contributed by atoms with Crippen molar-refractivity contribution in [2.24, 2.45) is 0 Å². The maximum Gasteiger partial charge on any atom is 0.291 e. The highest BCUT2D eigenvalue weighted by molar-refractivity contribution is 7.15. The summed E-state index contributed by atoms with van der Waals surface area (Å²) in [7, 11) is 0. The summed E-state index contributed by atoms with van der Waals surface area (Å²) in [6.45, 7) is 2.85. The van der Waals surface area contributed by atoms with E-state index in [0.29, 0.717) is 21.9 Å². The summed E-state index contributed by atoms with van der Waals surface area (Å²) in [5, 5.41) is 4.39. The highest BCUT2D eigenvalue weighted by atomic mass is 32.1. The van der Waals surface area contributed by atoms with E-state index < -0.39 is 0 Å². The van der Waals surface area contributed by atoms with Crippen LogP contribution in [0.15, 0.2) is 65.5 Å². The first-order valence-corrected chi connectivity index (χ1v) is 10.4. The molecule has 0 N–H and O–H groups in total. The van der Waals surface area contributed by atoms with E-state index in [1.54, 1.807) is 6.08 Å². The molecule has 0 unspecified atom stereocenters. The Hall–Kier alpha value is -3.25. The molecule has 4 rings (SSSR count). The van der Waals surface area contributed by atoms with E-state index in [4.69, 9.17) is 4.74 Å². The van der Waals surface area contributed by atoms with Crippen LogP contribution in [0.25, 0.3) is 28.5 Å². The van der Waals surface area contributed by atoms with Crippen LogP contribution in [0.2, 0.25) is 0 Å². The van der Waals surface area contributed by atoms with E-state index >= 15 is 0 Å². The van der Waals surface area contributed by atoms with Crippen molar-refractivity contribution in [3.05, 3.63) is 81.1 Å². The van der Waals surface area contributed by atoms with Crippen LogP contribution in [-0.2, 0) is 0 Å². The first kappa shape index (κ1) is 19.1. The molecular formula is C23H21N3O2S. The number of aromatic nitrogens is 3. The minimum Gasteiger partial charge on any atom is -0.494 e. The summed E-state index contributed by atoms with van der Waals surface area (Å²) in [6.07, 6.45) is 7.78. The highest BCUT2D eigenvalue weighted by Crippen LogP contribution is 2.20. The highest BCUT2D eigenvalue weighted by Gasteiger charge is 2.11. The Bertz CT molecular complexity index is 1230. The summed E-state index contributed by atoms with van der Waals surface area (Å²) >= 11 is 1.34. The van der Waals surface area contributed by atoms with Gasteiger partial charge in [-0.1, -0.05) is 67.2 Å². The molecule has 4 aromatic rings. The zero-order valence-electron chi connectivity index (χ0n) is 16.1. The van der Waals surface area contributed by atoms with Crippen molar-refractivity contribution in [2.75, 3.05) is 6.61 Å². The number of benzene rings is 2. The van der Waals surface area contributed by atoms with Gasteiger partial charge >= 0.3 is 0 Å². The van der Waals surface area contributed by atoms with Gasteiger partial charge in [0, 0.05) is 5.56 Å². The van der Waals surface area contributed by atoms with E-state index in [0.717, 1.165) is 29.7 Å². The van der Waals surface area contributed by atoms with E-state index in [1.165, 1.54) is 15.9 Å². The molecule has 0 radical (unpaired) electrons. The second-order valence-electron chi connectivity index (χ2n) is 6.56. The normalized spacial score (nSPS) is 12.2. The molecule has 2 aromatic heterocycles. The van der Waals surface area contributed by atoms with Crippen LogP contribution in [0.4, 0.5) is 0 Å². The average Bonchev–Trinajstić information content (AvgIpc) is 3.29. The third-order valence-electron chi connectivity index (χ3n) is 4.40. The molecule has 0 aliphatic carbocycles. The molecule has 29 heavy (non-hydrogen) atoms. The molecule has 0 fully saturated rings. The van der Waals surface area contributed by atoms with Gasteiger partial charge in [-0.15, -0.1) is 5.10 Å². The van der Waals surface area contributed by atoms with E-state index in [9.17, 15) is 4.79 Å². The van der Waals surface area contributed by atoms with Gasteiger partial charge in [0.05, 0.1) is 11.1 Å². The molecule has 0 bridgehead atoms. The molecule has 0 atom stereocenters. The van der Waals surface area contributed by atoms with Crippen molar-refractivity contribution in [2.45, 2.75) is 19.8 Å². The van der Waals surface area contributed by atoms with Gasteiger partial charge in [0.25, 0.3) is 5.56 Å². The van der Waals surface area contributed by atoms with Crippen molar-refractivity contribution < 1.29 is 4.74 Å². The number of hydrogen-bond donors (Lipinski definition) is 0. The fourth-order valence-electron chi connectivity index (χ4n) is 2.82. The molecule has 6 heteroatoms. The number of unbranched alkanes of at least 4 members (excludes halogenated alkanes) is 1. The third-order valence-corrected chi connectivity index (χ3v) is 5.37. The lowest BCUT2D eigenvalue weighted by molar-refractivity contribution is 0.309. The van der Waals surface area contributed by atoms with Crippen LogP contribution < -0.4 is 14.8 Å². The quantitative estimate of drug-likeness (QED) is 0.434. The van der Waals surface area contributed by atoms with Gasteiger partial charge in [-0.25, -0.2) is 0 Å². The monoisotopic (exact) mass is 403 g/mol. The molecular weight excluding hydrogens is 382 g/mol. The maximum absolute atomic E-state index is 12.6. The van der Waals surface area contributed by atoms with Crippen LogP contribution in [0.1, 0.15) is 25.3 Å². The SMILES string of the molecule is CCCCOc1ccc(-c2nc3s/c(=C/C=C/c4ccccc4)c(=O)n3n2)cc1. The Morgan fingerprint density at radius 1 is 1.10 bits per heavy atom. The number of rotatable bonds is 7. The van der Waals surface area contributed by atoms with Gasteiger partial charge in [0.1, 0.15) is 5.75 Å². The molecule has 0 aliphatic rings. The van der Waals surface area contributed by atoms with Crippen LogP contribution in [0.5, 0.6) is 5.75 Å². The lowest BCUT2D eigenvalue weighted by Gasteiger charge is -2.05. The van der Waals surface area contributed by atoms with E-state index in [2.05, 4.69) is 17.0 Å². The average molecular weight is 404 g/mol. The standard InChI is InChI=1S/C23H21N3O2S/c1-2-3-16-28-19-14-12-18(13-15-19)21-24-23-26(25-21)22(27)20(29-23)11-7-10-17-8-5-4-6-9-17/h4-15H,2-3,16H2,1H3/b10-7+,20-11+. The number of fused-ring (bicyclic) bond motifs is 1. The second kappa shape index (κ2) is 8.84. The second-order valence-corrected chi connectivity index (χ2v) is 7.57. The molecule has 0 saturated carbocycles. The fourth-order valence-corrected chi connectivity index (χ4v) is 3.67. The van der Waals surface area contributed by atoms with E-state index in [-0.39, 0.29) is 5.56 Å². The first-order chi connectivity index (χ1) is 14.2. The molecule has 0 saturated heterocycles. The first-order valence-electron chi connectivity index (χ1n) is 9.61. The van der Waals surface area contributed by atoms with Crippen molar-refractivity contribution >= 4 is 28.4 Å². The minimum atomic E-state index is -0.152. The number of thiazole rings is 1. The van der Waals surface area contributed by atoms with Gasteiger partial charge < -0.3 is 4.74 Å². The summed E-state index contributed by atoms with van der Waals surface area (Å²) in [5.74, 6) is 1.37. The van der Waals surface area contributed by atoms with Crippen molar-refractivity contribution in [1.82, 2.24) is 14.6 Å². The van der Waals surface area contributed by atoms with Crippen LogP contribution in [0, 0.1) is 0 Å². The Kier molecular flexibility index (Phi) is 5.81. The topological polar surface area (TPSA) is 56.5 Å². The molecule has 0 amide bonds. The number of nitrogens with zero attached hydrogens (tertiary/aromatic N) is 3. The number of allylic oxidation sites excluding steroid dienone is 1. The van der Waals surface area contributed by atoms with Gasteiger partial charge in [0.15, 0.2) is 5.82 Å². The fraction of sp³-hybridized carbons (Fsp3) is 0.174. The van der Waals surface area contributed by atoms with Crippen LogP contribution >= 0.6 is 11.3 Å². The Balaban J connectivity index is 1.54. The zero-order chi connectivity index (χ0) is 20.1. The summed E-state index contributed by atoms with van der Waals surface area (Å²) in [5.41, 5.74) is 1.79. The molecule has 0 aliphatic heterocycles. The molecule has 5 nitrogen and oxygen atoms in total. The lowest BCUT2D eigenvalue weighted by atomic mass is 10.2. The lowest BCUT2D eigenvalue weighted by Crippen LogP contribution is -2.23. The van der Waals surface area contributed by atoms with Crippen molar-refractivity contribution in [1.29, 1.82) is 0 Å². The largest absolute Gasteiger partial charge is 0.494 e. The van der Waals surface area contributed by atoms with Crippen LogP contribution in [-0.4, -0.2) is 21.2 Å². The smallest absolute Gasteiger partial charge is 0.291 e. The minimum absolute atomic E-state index is 0.152. The summed E-state index contributed by atoms with van der Waals surface area (Å²) in [6, 6.07) is 17.6. The predicted octanol–water partition coefficient (Wildman–Crippen LogP) is 4.21. The number of ether oxygens (including phenoxy) is 1. The van der Waals surface area contributed by atoms with Gasteiger partial charge in [-0.2, -0.15) is 9.50 Å². The van der Waals surface area contributed by atoms with Crippen molar-refractivity contribution in [3.63, 3.8) is 0 Å². The Labute approximate surface area is 172 Å².